The van der Waals surface area contributed by atoms with Crippen molar-refractivity contribution in [2.24, 2.45) is 0 Å². The molecule has 0 radical (unpaired) electrons. The summed E-state index contributed by atoms with van der Waals surface area (Å²) in [5.41, 5.74) is 0. The van der Waals surface area contributed by atoms with Gasteiger partial charge in [-0.3, -0.25) is 0 Å². The van der Waals surface area contributed by atoms with Gasteiger partial charge in [-0.25, -0.2) is 0 Å². The Labute approximate surface area is 120 Å². The van der Waals surface area contributed by atoms with Crippen LogP contribution >= 0.6 is 0 Å². The molecule has 4 nitrogen and oxygen atoms in total. The van der Waals surface area contributed by atoms with Crippen molar-refractivity contribution in [2.75, 3.05) is 6.61 Å². The van der Waals surface area contributed by atoms with Gasteiger partial charge in [0.25, 0.3) is 5.97 Å². The van der Waals surface area contributed by atoms with E-state index in [1.165, 1.54) is 18.9 Å². The molecule has 0 aliphatic carbocycles. The Morgan fingerprint density at radius 1 is 1.47 bits per heavy atom. The van der Waals surface area contributed by atoms with E-state index in [1.807, 2.05) is 0 Å². The average Bonchev–Trinajstić information content (AvgIpc) is 2.34. The molecular weight excluding hydrogens is 274 g/mol. The summed E-state index contributed by atoms with van der Waals surface area (Å²) in [5, 5.41) is 8.63. The second-order valence-electron chi connectivity index (χ2n) is 5.71. The Balaban J connectivity index is 2.53. The Bertz CT molecular complexity index is 307. The first kappa shape index (κ1) is 16.9. The van der Waals surface area contributed by atoms with E-state index in [1.54, 1.807) is 0 Å². The molecule has 19 heavy (non-hydrogen) atoms. The van der Waals surface area contributed by atoms with Crippen molar-refractivity contribution in [3.05, 3.63) is 0 Å². The van der Waals surface area contributed by atoms with Crippen molar-refractivity contribution in [3.8, 4) is 6.07 Å². The van der Waals surface area contributed by atoms with Gasteiger partial charge in [0.2, 0.25) is 0 Å². The molecule has 0 N–H and O–H groups in total. The predicted octanol–water partition coefficient (Wildman–Crippen LogP) is 2.90. The summed E-state index contributed by atoms with van der Waals surface area (Å²) in [4.78, 5) is 0. The van der Waals surface area contributed by atoms with E-state index in [-0.39, 0.29) is 0 Å². The maximum atomic E-state index is 8.63. The van der Waals surface area contributed by atoms with E-state index in [9.17, 15) is 0 Å². The van der Waals surface area contributed by atoms with Crippen molar-refractivity contribution in [1.82, 2.24) is 0 Å². The van der Waals surface area contributed by atoms with Gasteiger partial charge in [0.05, 0.1) is 19.1 Å². The van der Waals surface area contributed by atoms with E-state index in [0.717, 1.165) is 18.9 Å². The van der Waals surface area contributed by atoms with Crippen molar-refractivity contribution >= 4 is 18.1 Å². The van der Waals surface area contributed by atoms with Gasteiger partial charge in [0.1, 0.15) is 0 Å². The fraction of sp³-hybridized carbons (Fsp3) is 0.923. The van der Waals surface area contributed by atoms with E-state index < -0.39 is 24.1 Å². The molecule has 1 aliphatic rings. The second-order valence-corrected chi connectivity index (χ2v) is 11.3. The molecule has 110 valence electrons. The standard InChI is InChI=1S/C13H27NO3Si2/c1-4-5-11-18-16-13(15-10-7-9-14)8-6-12-19(2,3)17-13/h4-8,10-12,18H2,1-3H3. The maximum absolute atomic E-state index is 8.63. The van der Waals surface area contributed by atoms with Crippen LogP contribution in [0.5, 0.6) is 0 Å². The first-order valence-electron chi connectivity index (χ1n) is 7.39. The highest BCUT2D eigenvalue weighted by Crippen LogP contribution is 2.35. The van der Waals surface area contributed by atoms with Gasteiger partial charge < -0.3 is 13.6 Å². The number of rotatable bonds is 8. The largest absolute Gasteiger partial charge is 0.377 e. The van der Waals surface area contributed by atoms with Crippen LogP contribution in [0.4, 0.5) is 0 Å². The minimum atomic E-state index is -1.67. The van der Waals surface area contributed by atoms with Gasteiger partial charge in [-0.2, -0.15) is 5.26 Å². The Hall–Kier alpha value is -0.196. The lowest BCUT2D eigenvalue weighted by atomic mass is 10.3. The minimum Gasteiger partial charge on any atom is -0.377 e. The molecule has 0 aromatic heterocycles. The monoisotopic (exact) mass is 301 g/mol. The zero-order chi connectivity index (χ0) is 14.2. The van der Waals surface area contributed by atoms with Crippen LogP contribution in [0, 0.1) is 11.3 Å². The first-order chi connectivity index (χ1) is 9.04. The van der Waals surface area contributed by atoms with Crippen LogP contribution in [0.1, 0.15) is 39.0 Å². The van der Waals surface area contributed by atoms with Crippen molar-refractivity contribution in [3.63, 3.8) is 0 Å². The third-order valence-corrected chi connectivity index (χ3v) is 7.15. The lowest BCUT2D eigenvalue weighted by molar-refractivity contribution is -0.316. The maximum Gasteiger partial charge on any atom is 0.263 e. The SMILES string of the molecule is CCCC[SiH2]OC1(OCCC#N)CCC[Si](C)(C)O1. The molecule has 0 aromatic carbocycles. The third kappa shape index (κ3) is 6.19. The average molecular weight is 302 g/mol. The molecule has 1 heterocycles. The van der Waals surface area contributed by atoms with Gasteiger partial charge >= 0.3 is 0 Å². The van der Waals surface area contributed by atoms with Crippen LogP contribution in [-0.2, 0) is 13.6 Å². The van der Waals surface area contributed by atoms with Crippen molar-refractivity contribution in [1.29, 1.82) is 5.26 Å². The van der Waals surface area contributed by atoms with Crippen molar-refractivity contribution in [2.45, 2.75) is 70.2 Å². The quantitative estimate of drug-likeness (QED) is 0.393. The van der Waals surface area contributed by atoms with E-state index in [0.29, 0.717) is 13.0 Å². The number of hydrogen-bond acceptors (Lipinski definition) is 4. The topological polar surface area (TPSA) is 51.5 Å². The van der Waals surface area contributed by atoms with E-state index >= 15 is 0 Å². The predicted molar refractivity (Wildman–Crippen MR) is 80.9 cm³/mol. The van der Waals surface area contributed by atoms with E-state index in [4.69, 9.17) is 18.9 Å². The molecule has 1 rings (SSSR count). The minimum absolute atomic E-state index is 0.396. The molecule has 0 amide bonds. The summed E-state index contributed by atoms with van der Waals surface area (Å²) in [7, 11) is -2.26. The molecule has 1 fully saturated rings. The number of hydrogen-bond donors (Lipinski definition) is 0. The second kappa shape index (κ2) is 8.17. The first-order valence-corrected chi connectivity index (χ1v) is 12.1. The number of nitrogens with zero attached hydrogens (tertiary/aromatic N) is 1. The van der Waals surface area contributed by atoms with Crippen LogP contribution in [0.2, 0.25) is 25.2 Å². The zero-order valence-electron chi connectivity index (χ0n) is 12.5. The summed E-state index contributed by atoms with van der Waals surface area (Å²) in [6.45, 7) is 7.03. The number of nitriles is 1. The summed E-state index contributed by atoms with van der Waals surface area (Å²) >= 11 is 0. The molecule has 0 saturated carbocycles. The molecule has 1 aliphatic heterocycles. The van der Waals surface area contributed by atoms with Gasteiger partial charge in [-0.15, -0.1) is 0 Å². The summed E-state index contributed by atoms with van der Waals surface area (Å²) < 4.78 is 18.1. The summed E-state index contributed by atoms with van der Waals surface area (Å²) in [6.07, 6.45) is 4.75. The molecule has 0 spiro atoms. The Morgan fingerprint density at radius 3 is 2.89 bits per heavy atom. The molecule has 0 aromatic rings. The Morgan fingerprint density at radius 2 is 2.26 bits per heavy atom. The third-order valence-electron chi connectivity index (χ3n) is 3.30. The normalized spacial score (nSPS) is 26.6. The van der Waals surface area contributed by atoms with Gasteiger partial charge in [-0.05, 0) is 31.6 Å². The molecule has 0 bridgehead atoms. The molecule has 1 saturated heterocycles. The highest BCUT2D eigenvalue weighted by atomic mass is 28.4. The smallest absolute Gasteiger partial charge is 0.263 e. The van der Waals surface area contributed by atoms with Crippen molar-refractivity contribution < 1.29 is 13.6 Å². The fourth-order valence-corrected chi connectivity index (χ4v) is 6.09. The highest BCUT2D eigenvalue weighted by molar-refractivity contribution is 6.71. The summed E-state index contributed by atoms with van der Waals surface area (Å²) in [5.74, 6) is -0.815. The molecular formula is C13H27NO3Si2. The molecule has 1 unspecified atom stereocenters. The lowest BCUT2D eigenvalue weighted by Crippen LogP contribution is -2.52. The number of ether oxygens (including phenoxy) is 1. The van der Waals surface area contributed by atoms with Gasteiger partial charge in [-0.1, -0.05) is 19.8 Å². The lowest BCUT2D eigenvalue weighted by Gasteiger charge is -2.43. The molecule has 6 heteroatoms. The Kier molecular flexibility index (Phi) is 7.25. The van der Waals surface area contributed by atoms with Crippen LogP contribution in [0.3, 0.4) is 0 Å². The fourth-order valence-electron chi connectivity index (χ4n) is 2.33. The van der Waals surface area contributed by atoms with Crippen LogP contribution in [-0.4, -0.2) is 30.7 Å². The number of unbranched alkanes of at least 4 members (excludes halogenated alkanes) is 1. The summed E-state index contributed by atoms with van der Waals surface area (Å²) in [6, 6.07) is 4.44. The molecule has 1 atom stereocenters. The van der Waals surface area contributed by atoms with E-state index in [2.05, 4.69) is 26.1 Å². The van der Waals surface area contributed by atoms with Crippen LogP contribution in [0.15, 0.2) is 0 Å². The zero-order valence-corrected chi connectivity index (χ0v) is 15.0. The van der Waals surface area contributed by atoms with Crippen LogP contribution in [0.25, 0.3) is 0 Å². The highest BCUT2D eigenvalue weighted by Gasteiger charge is 2.43. The van der Waals surface area contributed by atoms with Gasteiger partial charge in [0, 0.05) is 6.42 Å². The van der Waals surface area contributed by atoms with Crippen LogP contribution < -0.4 is 0 Å². The van der Waals surface area contributed by atoms with Gasteiger partial charge in [0.15, 0.2) is 18.1 Å².